The van der Waals surface area contributed by atoms with Gasteiger partial charge in [-0.15, -0.1) is 0 Å². The first-order chi connectivity index (χ1) is 9.13. The Morgan fingerprint density at radius 2 is 2.21 bits per heavy atom. The number of nitrogens with one attached hydrogen (secondary N) is 2. The standard InChI is InChI=1S/C10H18N6O3/c1-2-7(3-4-17)5-12-9-8(16(18)19)10(15-11)14-6-13-9/h6-7,17H,2-5,11H2,1H3,(H2,12,13,14,15). The smallest absolute Gasteiger partial charge is 0.354 e. The monoisotopic (exact) mass is 270 g/mol. The number of nitrogens with zero attached hydrogens (tertiary/aromatic N) is 3. The van der Waals surface area contributed by atoms with E-state index >= 15 is 0 Å². The molecule has 1 unspecified atom stereocenters. The van der Waals surface area contributed by atoms with Crippen molar-refractivity contribution in [3.8, 4) is 0 Å². The van der Waals surface area contributed by atoms with E-state index in [1.54, 1.807) is 0 Å². The van der Waals surface area contributed by atoms with Crippen molar-refractivity contribution in [2.24, 2.45) is 11.8 Å². The molecule has 1 heterocycles. The lowest BCUT2D eigenvalue weighted by molar-refractivity contribution is -0.383. The van der Waals surface area contributed by atoms with E-state index in [2.05, 4.69) is 20.7 Å². The summed E-state index contributed by atoms with van der Waals surface area (Å²) in [5, 5.41) is 22.8. The van der Waals surface area contributed by atoms with Gasteiger partial charge < -0.3 is 15.8 Å². The fourth-order valence-electron chi connectivity index (χ4n) is 1.66. The molecule has 0 aliphatic carbocycles. The van der Waals surface area contributed by atoms with Gasteiger partial charge in [-0.05, 0) is 12.3 Å². The Morgan fingerprint density at radius 1 is 1.53 bits per heavy atom. The van der Waals surface area contributed by atoms with Crippen LogP contribution in [0.5, 0.6) is 0 Å². The van der Waals surface area contributed by atoms with Crippen molar-refractivity contribution in [1.29, 1.82) is 0 Å². The molecule has 0 spiro atoms. The fourth-order valence-corrected chi connectivity index (χ4v) is 1.66. The van der Waals surface area contributed by atoms with Gasteiger partial charge in [0.2, 0.25) is 11.6 Å². The van der Waals surface area contributed by atoms with Crippen molar-refractivity contribution in [2.75, 3.05) is 23.9 Å². The SMILES string of the molecule is CCC(CCO)CNc1ncnc(NN)c1[N+](=O)[O-]. The molecular weight excluding hydrogens is 252 g/mol. The molecule has 0 amide bonds. The van der Waals surface area contributed by atoms with Gasteiger partial charge in [0.25, 0.3) is 0 Å². The molecule has 9 nitrogen and oxygen atoms in total. The lowest BCUT2D eigenvalue weighted by atomic mass is 10.0. The molecule has 9 heteroatoms. The Kier molecular flexibility index (Phi) is 5.90. The normalized spacial score (nSPS) is 11.9. The van der Waals surface area contributed by atoms with Crippen molar-refractivity contribution in [2.45, 2.75) is 19.8 Å². The quantitative estimate of drug-likeness (QED) is 0.304. The number of nitrogen functional groups attached to an aromatic ring is 1. The third-order valence-corrected chi connectivity index (χ3v) is 2.81. The van der Waals surface area contributed by atoms with Crippen LogP contribution in [-0.2, 0) is 0 Å². The van der Waals surface area contributed by atoms with Gasteiger partial charge in [-0.25, -0.2) is 15.8 Å². The summed E-state index contributed by atoms with van der Waals surface area (Å²) >= 11 is 0. The summed E-state index contributed by atoms with van der Waals surface area (Å²) in [6.45, 7) is 2.56. The molecule has 0 radical (unpaired) electrons. The minimum absolute atomic E-state index is 0.0438. The predicted molar refractivity (Wildman–Crippen MR) is 70.5 cm³/mol. The highest BCUT2D eigenvalue weighted by molar-refractivity contribution is 5.68. The number of nitrogens with two attached hydrogens (primary N) is 1. The average molecular weight is 270 g/mol. The van der Waals surface area contributed by atoms with Gasteiger partial charge in [0.15, 0.2) is 0 Å². The first kappa shape index (κ1) is 15.1. The van der Waals surface area contributed by atoms with Crippen LogP contribution in [0.15, 0.2) is 6.33 Å². The molecule has 1 aromatic rings. The van der Waals surface area contributed by atoms with Crippen LogP contribution in [0.1, 0.15) is 19.8 Å². The molecule has 0 aromatic carbocycles. The second-order valence-electron chi connectivity index (χ2n) is 3.99. The van der Waals surface area contributed by atoms with Gasteiger partial charge >= 0.3 is 5.69 Å². The van der Waals surface area contributed by atoms with Gasteiger partial charge in [-0.3, -0.25) is 10.1 Å². The van der Waals surface area contributed by atoms with Crippen LogP contribution in [0.4, 0.5) is 17.3 Å². The number of aromatic nitrogens is 2. The number of rotatable bonds is 8. The van der Waals surface area contributed by atoms with E-state index in [1.807, 2.05) is 6.92 Å². The van der Waals surface area contributed by atoms with Crippen LogP contribution in [0, 0.1) is 16.0 Å². The van der Waals surface area contributed by atoms with E-state index < -0.39 is 4.92 Å². The number of hydrogen-bond donors (Lipinski definition) is 4. The topological polar surface area (TPSA) is 139 Å². The van der Waals surface area contributed by atoms with Crippen molar-refractivity contribution in [3.63, 3.8) is 0 Å². The molecule has 106 valence electrons. The van der Waals surface area contributed by atoms with E-state index in [-0.39, 0.29) is 29.8 Å². The lowest BCUT2D eigenvalue weighted by Gasteiger charge is -2.15. The molecule has 19 heavy (non-hydrogen) atoms. The molecule has 0 saturated heterocycles. The van der Waals surface area contributed by atoms with Crippen LogP contribution in [0.25, 0.3) is 0 Å². The Hall–Kier alpha value is -2.00. The summed E-state index contributed by atoms with van der Waals surface area (Å²) in [5.74, 6) is 5.47. The zero-order chi connectivity index (χ0) is 14.3. The summed E-state index contributed by atoms with van der Waals surface area (Å²) in [4.78, 5) is 17.9. The maximum Gasteiger partial charge on any atom is 0.354 e. The molecule has 1 rings (SSSR count). The minimum atomic E-state index is -0.593. The third kappa shape index (κ3) is 4.00. The number of hydrazine groups is 1. The third-order valence-electron chi connectivity index (χ3n) is 2.81. The molecule has 0 saturated carbocycles. The second kappa shape index (κ2) is 7.44. The maximum atomic E-state index is 11.0. The first-order valence-corrected chi connectivity index (χ1v) is 5.94. The van der Waals surface area contributed by atoms with Crippen molar-refractivity contribution < 1.29 is 10.0 Å². The van der Waals surface area contributed by atoms with Crippen molar-refractivity contribution in [3.05, 3.63) is 16.4 Å². The molecule has 1 aromatic heterocycles. The molecule has 1 atom stereocenters. The van der Waals surface area contributed by atoms with Crippen LogP contribution in [-0.4, -0.2) is 33.1 Å². The van der Waals surface area contributed by atoms with Gasteiger partial charge in [-0.2, -0.15) is 0 Å². The van der Waals surface area contributed by atoms with E-state index in [0.717, 1.165) is 6.42 Å². The van der Waals surface area contributed by atoms with Crippen LogP contribution in [0.2, 0.25) is 0 Å². The minimum Gasteiger partial charge on any atom is -0.396 e. The zero-order valence-electron chi connectivity index (χ0n) is 10.7. The second-order valence-corrected chi connectivity index (χ2v) is 3.99. The highest BCUT2D eigenvalue weighted by atomic mass is 16.6. The predicted octanol–water partition coefficient (Wildman–Crippen LogP) is 0.491. The summed E-state index contributed by atoms with van der Waals surface area (Å²) in [6, 6.07) is 0. The number of aliphatic hydroxyl groups is 1. The van der Waals surface area contributed by atoms with Crippen LogP contribution >= 0.6 is 0 Å². The average Bonchev–Trinajstić information content (AvgIpc) is 2.42. The van der Waals surface area contributed by atoms with Gasteiger partial charge in [0, 0.05) is 13.2 Å². The van der Waals surface area contributed by atoms with Crippen LogP contribution in [0.3, 0.4) is 0 Å². The largest absolute Gasteiger partial charge is 0.396 e. The molecule has 0 bridgehead atoms. The number of nitro groups is 1. The fraction of sp³-hybridized carbons (Fsp3) is 0.600. The lowest BCUT2D eigenvalue weighted by Crippen LogP contribution is -2.18. The Bertz CT molecular complexity index is 428. The van der Waals surface area contributed by atoms with E-state index in [1.165, 1.54) is 6.33 Å². The van der Waals surface area contributed by atoms with E-state index in [0.29, 0.717) is 13.0 Å². The molecule has 5 N–H and O–H groups in total. The summed E-state index contributed by atoms with van der Waals surface area (Å²) in [5.41, 5.74) is 1.88. The Morgan fingerprint density at radius 3 is 2.74 bits per heavy atom. The van der Waals surface area contributed by atoms with Crippen molar-refractivity contribution >= 4 is 17.3 Å². The Labute approximate surface area is 110 Å². The maximum absolute atomic E-state index is 11.0. The van der Waals surface area contributed by atoms with Gasteiger partial charge in [0.1, 0.15) is 6.33 Å². The molecular formula is C10H18N6O3. The molecule has 0 aliphatic heterocycles. The van der Waals surface area contributed by atoms with E-state index in [9.17, 15) is 10.1 Å². The first-order valence-electron chi connectivity index (χ1n) is 5.94. The number of aliphatic hydroxyl groups excluding tert-OH is 1. The number of anilines is 2. The highest BCUT2D eigenvalue weighted by Crippen LogP contribution is 2.28. The molecule has 0 aliphatic rings. The molecule has 0 fully saturated rings. The zero-order valence-corrected chi connectivity index (χ0v) is 10.7. The van der Waals surface area contributed by atoms with E-state index in [4.69, 9.17) is 10.9 Å². The summed E-state index contributed by atoms with van der Waals surface area (Å²) in [7, 11) is 0. The summed E-state index contributed by atoms with van der Waals surface area (Å²) < 4.78 is 0. The van der Waals surface area contributed by atoms with Crippen LogP contribution < -0.4 is 16.6 Å². The van der Waals surface area contributed by atoms with Crippen molar-refractivity contribution in [1.82, 2.24) is 9.97 Å². The Balaban J connectivity index is 2.85. The summed E-state index contributed by atoms with van der Waals surface area (Å²) in [6.07, 6.45) is 2.68. The number of hydrogen-bond acceptors (Lipinski definition) is 8. The van der Waals surface area contributed by atoms with Gasteiger partial charge in [-0.1, -0.05) is 13.3 Å². The highest BCUT2D eigenvalue weighted by Gasteiger charge is 2.22. The van der Waals surface area contributed by atoms with Gasteiger partial charge in [0.05, 0.1) is 4.92 Å².